The van der Waals surface area contributed by atoms with Gasteiger partial charge in [0.1, 0.15) is 13.7 Å². The van der Waals surface area contributed by atoms with Crippen molar-refractivity contribution in [3.63, 3.8) is 0 Å². The molecule has 0 unspecified atom stereocenters. The molecule has 0 aliphatic carbocycles. The van der Waals surface area contributed by atoms with Gasteiger partial charge in [-0.15, -0.1) is 0 Å². The summed E-state index contributed by atoms with van der Waals surface area (Å²) >= 11 is 0. The van der Waals surface area contributed by atoms with Gasteiger partial charge in [-0.25, -0.2) is 4.39 Å². The Balaban J connectivity index is 2.92. The first-order valence-electron chi connectivity index (χ1n) is 3.96. The van der Waals surface area contributed by atoms with Crippen LogP contribution in [-0.4, -0.2) is 21.2 Å². The molecule has 13 heavy (non-hydrogen) atoms. The summed E-state index contributed by atoms with van der Waals surface area (Å²) < 4.78 is 24.4. The van der Waals surface area contributed by atoms with E-state index < -0.39 is 13.0 Å². The van der Waals surface area contributed by atoms with Crippen molar-refractivity contribution >= 4 is 20.5 Å². The average molecular weight is 196 g/mol. The van der Waals surface area contributed by atoms with Crippen LogP contribution in [0.4, 0.5) is 4.39 Å². The molecule has 0 fully saturated rings. The Bertz CT molecular complexity index is 359. The summed E-state index contributed by atoms with van der Waals surface area (Å²) in [5, 5.41) is 0. The Morgan fingerprint density at radius 2 is 2.08 bits per heavy atom. The number of halogens is 1. The summed E-state index contributed by atoms with van der Waals surface area (Å²) in [5.74, 6) is -0.439. The Morgan fingerprint density at radius 1 is 1.46 bits per heavy atom. The zero-order valence-electron chi connectivity index (χ0n) is 7.75. The molecular weight excluding hydrogens is 185 g/mol. The molecule has 0 spiro atoms. The zero-order chi connectivity index (χ0) is 10.1. The molecule has 0 bridgehead atoms. The van der Waals surface area contributed by atoms with Gasteiger partial charge in [-0.3, -0.25) is 0 Å². The van der Waals surface area contributed by atoms with Crippen molar-refractivity contribution in [1.29, 1.82) is 0 Å². The molecule has 68 valence electrons. The van der Waals surface area contributed by atoms with Gasteiger partial charge in [0.05, 0.1) is 7.14 Å². The van der Waals surface area contributed by atoms with Crippen LogP contribution in [0.15, 0.2) is 18.2 Å². The second-order valence-corrected chi connectivity index (χ2v) is 7.05. The van der Waals surface area contributed by atoms with Crippen LogP contribution in [-0.2, 0) is 10.7 Å². The Hall–Kier alpha value is -0.555. The first kappa shape index (κ1) is 10.5. The zero-order valence-corrected chi connectivity index (χ0v) is 8.64. The lowest BCUT2D eigenvalue weighted by Gasteiger charge is -2.07. The predicted octanol–water partition coefficient (Wildman–Crippen LogP) is 1.74. The molecule has 0 N–H and O–H groups in total. The first-order valence-corrected chi connectivity index (χ1v) is 6.75. The largest absolute Gasteiger partial charge is 0.324 e. The number of rotatable bonds is 2. The highest BCUT2D eigenvalue weighted by Crippen LogP contribution is 2.40. The molecule has 0 heterocycles. The second kappa shape index (κ2) is 3.67. The van der Waals surface area contributed by atoms with Crippen molar-refractivity contribution in [2.45, 2.75) is 6.16 Å². The number of hydrogen-bond acceptors (Lipinski definition) is 1. The van der Waals surface area contributed by atoms with Gasteiger partial charge in [-0.2, -0.15) is 0 Å². The third-order valence-corrected chi connectivity index (χ3v) is 2.75. The summed E-state index contributed by atoms with van der Waals surface area (Å²) in [6, 6.07) is 4.55. The lowest BCUT2D eigenvalue weighted by molar-refractivity contribution is 0.581. The molecule has 0 aliphatic heterocycles. The van der Waals surface area contributed by atoms with E-state index in [4.69, 9.17) is 7.85 Å². The maximum absolute atomic E-state index is 12.9. The van der Waals surface area contributed by atoms with Crippen molar-refractivity contribution in [2.24, 2.45) is 0 Å². The standard InChI is InChI=1S/C9H11BFOP/c1-13(2,12)6-7-3-4-8(10)9(11)5-7/h3-5H,6H2,1-2H3. The molecule has 0 saturated heterocycles. The van der Waals surface area contributed by atoms with Gasteiger partial charge in [0, 0.05) is 6.16 Å². The van der Waals surface area contributed by atoms with Crippen molar-refractivity contribution in [3.8, 4) is 0 Å². The van der Waals surface area contributed by atoms with E-state index in [1.807, 2.05) is 0 Å². The molecule has 1 aromatic rings. The van der Waals surface area contributed by atoms with Gasteiger partial charge in [-0.05, 0) is 25.0 Å². The second-order valence-electron chi connectivity index (χ2n) is 3.59. The fraction of sp³-hybridized carbons (Fsp3) is 0.333. The fourth-order valence-corrected chi connectivity index (χ4v) is 2.18. The minimum absolute atomic E-state index is 0.130. The van der Waals surface area contributed by atoms with E-state index in [1.54, 1.807) is 19.4 Å². The highest BCUT2D eigenvalue weighted by molar-refractivity contribution is 7.61. The molecule has 0 aliphatic rings. The van der Waals surface area contributed by atoms with E-state index in [0.717, 1.165) is 5.56 Å². The van der Waals surface area contributed by atoms with Gasteiger partial charge in [-0.1, -0.05) is 17.6 Å². The van der Waals surface area contributed by atoms with Gasteiger partial charge in [0.2, 0.25) is 0 Å². The smallest absolute Gasteiger partial charge is 0.117 e. The van der Waals surface area contributed by atoms with Crippen LogP contribution in [0.25, 0.3) is 0 Å². The monoisotopic (exact) mass is 196 g/mol. The summed E-state index contributed by atoms with van der Waals surface area (Å²) in [6.07, 6.45) is 0.421. The van der Waals surface area contributed by atoms with Crippen LogP contribution in [0.1, 0.15) is 5.56 Å². The molecule has 0 atom stereocenters. The highest BCUT2D eigenvalue weighted by Gasteiger charge is 2.09. The van der Waals surface area contributed by atoms with E-state index >= 15 is 0 Å². The molecule has 2 radical (unpaired) electrons. The molecule has 1 nitrogen and oxygen atoms in total. The summed E-state index contributed by atoms with van der Waals surface area (Å²) in [5.41, 5.74) is 0.867. The van der Waals surface area contributed by atoms with E-state index in [0.29, 0.717) is 6.16 Å². The lowest BCUT2D eigenvalue weighted by atomic mass is 9.95. The summed E-state index contributed by atoms with van der Waals surface area (Å²) in [4.78, 5) is 0. The molecule has 0 aromatic heterocycles. The van der Waals surface area contributed by atoms with Crippen LogP contribution in [0.5, 0.6) is 0 Å². The van der Waals surface area contributed by atoms with Crippen molar-refractivity contribution in [3.05, 3.63) is 29.6 Å². The third-order valence-electron chi connectivity index (χ3n) is 1.63. The van der Waals surface area contributed by atoms with Crippen LogP contribution in [0, 0.1) is 5.82 Å². The van der Waals surface area contributed by atoms with Crippen LogP contribution >= 0.6 is 7.14 Å². The normalized spacial score (nSPS) is 11.6. The number of benzene rings is 1. The molecule has 4 heteroatoms. The fourth-order valence-electron chi connectivity index (χ4n) is 1.11. The predicted molar refractivity (Wildman–Crippen MR) is 54.9 cm³/mol. The minimum atomic E-state index is -2.13. The van der Waals surface area contributed by atoms with E-state index in [9.17, 15) is 8.96 Å². The van der Waals surface area contributed by atoms with Crippen LogP contribution < -0.4 is 5.46 Å². The van der Waals surface area contributed by atoms with Gasteiger partial charge >= 0.3 is 0 Å². The van der Waals surface area contributed by atoms with Gasteiger partial charge in [0.15, 0.2) is 0 Å². The van der Waals surface area contributed by atoms with Gasteiger partial charge < -0.3 is 4.57 Å². The Kier molecular flexibility index (Phi) is 2.97. The summed E-state index contributed by atoms with van der Waals surface area (Å²) in [6.45, 7) is 3.36. The van der Waals surface area contributed by atoms with Crippen molar-refractivity contribution in [1.82, 2.24) is 0 Å². The summed E-state index contributed by atoms with van der Waals surface area (Å²) in [7, 11) is 3.18. The van der Waals surface area contributed by atoms with E-state index in [1.165, 1.54) is 12.1 Å². The molecular formula is C9H11BFOP. The SMILES string of the molecule is [B]c1ccc(CP(C)(C)=O)cc1F. The van der Waals surface area contributed by atoms with Crippen LogP contribution in [0.3, 0.4) is 0 Å². The van der Waals surface area contributed by atoms with Gasteiger partial charge in [0.25, 0.3) is 0 Å². The maximum atomic E-state index is 12.9. The topological polar surface area (TPSA) is 17.1 Å². The van der Waals surface area contributed by atoms with Crippen molar-refractivity contribution < 1.29 is 8.96 Å². The molecule has 1 rings (SSSR count). The lowest BCUT2D eigenvalue weighted by Crippen LogP contribution is -2.08. The molecule has 0 amide bonds. The molecule has 1 aromatic carbocycles. The minimum Gasteiger partial charge on any atom is -0.324 e. The maximum Gasteiger partial charge on any atom is 0.117 e. The number of hydrogen-bond donors (Lipinski definition) is 0. The molecule has 0 saturated carbocycles. The van der Waals surface area contributed by atoms with Crippen LogP contribution in [0.2, 0.25) is 0 Å². The Morgan fingerprint density at radius 3 is 2.54 bits per heavy atom. The average Bonchev–Trinajstić information content (AvgIpc) is 1.94. The van der Waals surface area contributed by atoms with E-state index in [2.05, 4.69) is 0 Å². The van der Waals surface area contributed by atoms with E-state index in [-0.39, 0.29) is 5.46 Å². The Labute approximate surface area is 79.1 Å². The quantitative estimate of drug-likeness (QED) is 0.520. The third kappa shape index (κ3) is 3.35. The van der Waals surface area contributed by atoms with Crippen molar-refractivity contribution in [2.75, 3.05) is 13.3 Å². The first-order chi connectivity index (χ1) is 5.88. The highest BCUT2D eigenvalue weighted by atomic mass is 31.2.